The fraction of sp³-hybridized carbons (Fsp3) is 0.353. The zero-order chi connectivity index (χ0) is 18.4. The van der Waals surface area contributed by atoms with Crippen LogP contribution in [-0.4, -0.2) is 40.7 Å². The first-order valence-electron chi connectivity index (χ1n) is 8.43. The van der Waals surface area contributed by atoms with Gasteiger partial charge in [-0.25, -0.2) is 9.82 Å². The summed E-state index contributed by atoms with van der Waals surface area (Å²) in [6.07, 6.45) is 4.22. The normalized spacial score (nSPS) is 16.4. The Hall–Kier alpha value is -2.78. The highest BCUT2D eigenvalue weighted by Gasteiger charge is 2.22. The molecule has 0 spiro atoms. The maximum absolute atomic E-state index is 13.5. The molecule has 1 aliphatic heterocycles. The maximum Gasteiger partial charge on any atom is 0.242 e. The third kappa shape index (κ3) is 4.87. The number of hydrogen-bond acceptors (Lipinski definition) is 5. The summed E-state index contributed by atoms with van der Waals surface area (Å²) in [6, 6.07) is 6.20. The molecular weight excluding hydrogens is 339 g/mol. The fourth-order valence-corrected chi connectivity index (χ4v) is 2.67. The number of anilines is 1. The van der Waals surface area contributed by atoms with Gasteiger partial charge < -0.3 is 10.6 Å². The average Bonchev–Trinajstić information content (AvgIpc) is 3.29. The molecule has 0 aliphatic carbocycles. The van der Waals surface area contributed by atoms with E-state index in [-0.39, 0.29) is 30.2 Å². The minimum atomic E-state index is -0.278. The lowest BCUT2D eigenvalue weighted by atomic mass is 10.1. The van der Waals surface area contributed by atoms with Crippen LogP contribution in [0, 0.1) is 5.82 Å². The van der Waals surface area contributed by atoms with Crippen molar-refractivity contribution >= 4 is 17.5 Å². The number of rotatable bonds is 7. The Labute approximate surface area is 150 Å². The quantitative estimate of drug-likeness (QED) is 0.565. The van der Waals surface area contributed by atoms with Gasteiger partial charge in [0.15, 0.2) is 0 Å². The number of amides is 2. The largest absolute Gasteiger partial charge is 0.354 e. The third-order valence-electron chi connectivity index (χ3n) is 4.03. The molecule has 26 heavy (non-hydrogen) atoms. The molecule has 0 bridgehead atoms. The standard InChI is InChI=1S/C17H21FN6O2/c18-14-4-2-1-3-12(14)5-7-19-16(25)11-24-10-13(9-21-24)22-17(26)15-6-8-20-23-15/h1-4,9-10,15,20,23H,5-8,11H2,(H,19,25)(H,22,26). The summed E-state index contributed by atoms with van der Waals surface area (Å²) in [5.74, 6) is -0.658. The van der Waals surface area contributed by atoms with Crippen molar-refractivity contribution in [3.05, 3.63) is 48.0 Å². The predicted molar refractivity (Wildman–Crippen MR) is 93.5 cm³/mol. The Morgan fingerprint density at radius 3 is 2.96 bits per heavy atom. The van der Waals surface area contributed by atoms with Gasteiger partial charge in [0.1, 0.15) is 18.4 Å². The van der Waals surface area contributed by atoms with Crippen LogP contribution in [0.25, 0.3) is 0 Å². The van der Waals surface area contributed by atoms with Crippen LogP contribution in [0.3, 0.4) is 0 Å². The second-order valence-electron chi connectivity index (χ2n) is 6.02. The lowest BCUT2D eigenvalue weighted by Gasteiger charge is -2.08. The minimum absolute atomic E-state index is 0.0242. The first-order chi connectivity index (χ1) is 12.6. The average molecular weight is 360 g/mol. The van der Waals surface area contributed by atoms with E-state index in [1.54, 1.807) is 24.4 Å². The number of carbonyl (C=O) groups excluding carboxylic acids is 2. The summed E-state index contributed by atoms with van der Waals surface area (Å²) in [4.78, 5) is 23.9. The van der Waals surface area contributed by atoms with Crippen LogP contribution < -0.4 is 21.5 Å². The highest BCUT2D eigenvalue weighted by atomic mass is 19.1. The second kappa shape index (κ2) is 8.54. The van der Waals surface area contributed by atoms with Gasteiger partial charge in [-0.2, -0.15) is 5.10 Å². The van der Waals surface area contributed by atoms with Gasteiger partial charge in [0.25, 0.3) is 0 Å². The summed E-state index contributed by atoms with van der Waals surface area (Å²) in [5.41, 5.74) is 6.87. The first-order valence-corrected chi connectivity index (χ1v) is 8.43. The number of nitrogens with zero attached hydrogens (tertiary/aromatic N) is 2. The summed E-state index contributed by atoms with van der Waals surface area (Å²) >= 11 is 0. The SMILES string of the molecule is O=C(Cn1cc(NC(=O)C2CCNN2)cn1)NCCc1ccccc1F. The van der Waals surface area contributed by atoms with Gasteiger partial charge in [-0.1, -0.05) is 18.2 Å². The van der Waals surface area contributed by atoms with Gasteiger partial charge in [-0.3, -0.25) is 19.7 Å². The predicted octanol–water partition coefficient (Wildman–Crippen LogP) is 0.186. The zero-order valence-electron chi connectivity index (χ0n) is 14.2. The van der Waals surface area contributed by atoms with Crippen molar-refractivity contribution in [1.82, 2.24) is 25.9 Å². The van der Waals surface area contributed by atoms with E-state index < -0.39 is 0 Å². The number of aromatic nitrogens is 2. The first kappa shape index (κ1) is 18.0. The zero-order valence-corrected chi connectivity index (χ0v) is 14.2. The van der Waals surface area contributed by atoms with Crippen LogP contribution in [-0.2, 0) is 22.6 Å². The molecule has 2 heterocycles. The molecule has 2 amide bonds. The maximum atomic E-state index is 13.5. The van der Waals surface area contributed by atoms with E-state index >= 15 is 0 Å². The third-order valence-corrected chi connectivity index (χ3v) is 4.03. The highest BCUT2D eigenvalue weighted by molar-refractivity contribution is 5.94. The number of hydrogen-bond donors (Lipinski definition) is 4. The molecule has 2 aromatic rings. The lowest BCUT2D eigenvalue weighted by Crippen LogP contribution is -2.39. The summed E-state index contributed by atoms with van der Waals surface area (Å²) in [5, 5.41) is 9.54. The summed E-state index contributed by atoms with van der Waals surface area (Å²) in [6.45, 7) is 1.10. The van der Waals surface area contributed by atoms with Crippen molar-refractivity contribution in [1.29, 1.82) is 0 Å². The van der Waals surface area contributed by atoms with E-state index in [0.717, 1.165) is 6.54 Å². The summed E-state index contributed by atoms with van der Waals surface area (Å²) in [7, 11) is 0. The fourth-order valence-electron chi connectivity index (χ4n) is 2.67. The molecule has 1 aliphatic rings. The molecule has 3 rings (SSSR count). The van der Waals surface area contributed by atoms with Crippen LogP contribution >= 0.6 is 0 Å². The highest BCUT2D eigenvalue weighted by Crippen LogP contribution is 2.08. The topological polar surface area (TPSA) is 100 Å². The molecule has 1 aromatic carbocycles. The second-order valence-corrected chi connectivity index (χ2v) is 6.02. The monoisotopic (exact) mass is 360 g/mol. The van der Waals surface area contributed by atoms with E-state index in [9.17, 15) is 14.0 Å². The van der Waals surface area contributed by atoms with E-state index in [1.807, 2.05) is 0 Å². The van der Waals surface area contributed by atoms with Crippen LogP contribution in [0.4, 0.5) is 10.1 Å². The number of halogens is 1. The molecule has 1 fully saturated rings. The van der Waals surface area contributed by atoms with Gasteiger partial charge in [-0.15, -0.1) is 0 Å². The minimum Gasteiger partial charge on any atom is -0.354 e. The van der Waals surface area contributed by atoms with Crippen molar-refractivity contribution in [2.24, 2.45) is 0 Å². The van der Waals surface area contributed by atoms with Gasteiger partial charge in [0, 0.05) is 19.3 Å². The molecule has 4 N–H and O–H groups in total. The molecule has 0 radical (unpaired) electrons. The Kier molecular flexibility index (Phi) is 5.92. The Morgan fingerprint density at radius 1 is 1.35 bits per heavy atom. The Bertz CT molecular complexity index is 772. The molecule has 1 aromatic heterocycles. The van der Waals surface area contributed by atoms with E-state index in [0.29, 0.717) is 30.6 Å². The Balaban J connectivity index is 1.42. The van der Waals surface area contributed by atoms with Crippen molar-refractivity contribution < 1.29 is 14.0 Å². The molecular formula is C17H21FN6O2. The van der Waals surface area contributed by atoms with Crippen LogP contribution in [0.5, 0.6) is 0 Å². The van der Waals surface area contributed by atoms with Crippen molar-refractivity contribution in [2.45, 2.75) is 25.4 Å². The smallest absolute Gasteiger partial charge is 0.242 e. The molecule has 138 valence electrons. The van der Waals surface area contributed by atoms with Gasteiger partial charge >= 0.3 is 0 Å². The van der Waals surface area contributed by atoms with E-state index in [2.05, 4.69) is 26.6 Å². The molecule has 0 saturated carbocycles. The van der Waals surface area contributed by atoms with Gasteiger partial charge in [-0.05, 0) is 24.5 Å². The van der Waals surface area contributed by atoms with E-state index in [4.69, 9.17) is 0 Å². The van der Waals surface area contributed by atoms with Gasteiger partial charge in [0.05, 0.1) is 11.9 Å². The number of hydrazine groups is 1. The van der Waals surface area contributed by atoms with Gasteiger partial charge in [0.2, 0.25) is 11.8 Å². The molecule has 8 nitrogen and oxygen atoms in total. The number of benzene rings is 1. The summed E-state index contributed by atoms with van der Waals surface area (Å²) < 4.78 is 14.9. The number of nitrogens with one attached hydrogen (secondary N) is 4. The van der Waals surface area contributed by atoms with Crippen LogP contribution in [0.2, 0.25) is 0 Å². The molecule has 9 heteroatoms. The molecule has 1 unspecified atom stereocenters. The van der Waals surface area contributed by atoms with Crippen molar-refractivity contribution in [3.63, 3.8) is 0 Å². The van der Waals surface area contributed by atoms with Crippen molar-refractivity contribution in [3.8, 4) is 0 Å². The van der Waals surface area contributed by atoms with E-state index in [1.165, 1.54) is 16.9 Å². The molecule has 1 atom stereocenters. The van der Waals surface area contributed by atoms with Crippen LogP contribution in [0.15, 0.2) is 36.7 Å². The molecule has 1 saturated heterocycles. The lowest BCUT2D eigenvalue weighted by molar-refractivity contribution is -0.121. The number of carbonyl (C=O) groups is 2. The Morgan fingerprint density at radius 2 is 2.19 bits per heavy atom. The van der Waals surface area contributed by atoms with Crippen LogP contribution in [0.1, 0.15) is 12.0 Å². The van der Waals surface area contributed by atoms with Crippen molar-refractivity contribution in [2.75, 3.05) is 18.4 Å².